The lowest BCUT2D eigenvalue weighted by Crippen LogP contribution is -2.27. The molecule has 1 aromatic carbocycles. The fourth-order valence-corrected chi connectivity index (χ4v) is 3.02. The molecule has 0 aliphatic heterocycles. The lowest BCUT2D eigenvalue weighted by molar-refractivity contribution is 0.555. The second-order valence-electron chi connectivity index (χ2n) is 4.56. The van der Waals surface area contributed by atoms with Crippen LogP contribution in [-0.4, -0.2) is 24.7 Å². The van der Waals surface area contributed by atoms with Crippen LogP contribution in [0.5, 0.6) is 0 Å². The Kier molecular flexibility index (Phi) is 4.71. The average Bonchev–Trinajstić information content (AvgIpc) is 2.83. The summed E-state index contributed by atoms with van der Waals surface area (Å²) in [6.45, 7) is 0.325. The second kappa shape index (κ2) is 6.33. The van der Waals surface area contributed by atoms with Gasteiger partial charge in [-0.25, -0.2) is 17.5 Å². The van der Waals surface area contributed by atoms with E-state index in [2.05, 4.69) is 9.82 Å². The molecule has 21 heavy (non-hydrogen) atoms. The Hall–Kier alpha value is -1.77. The molecule has 3 N–H and O–H groups in total. The lowest BCUT2D eigenvalue weighted by atomic mass is 10.2. The standard InChI is InChI=1S/C13H17FN4O2S/c1-18-11(4-6-16-18)5-7-17-21(19,20)13-3-2-10(9-15)8-12(13)14/h2-4,6,8,17H,5,7,9,15H2,1H3. The number of nitrogens with zero attached hydrogens (tertiary/aromatic N) is 2. The lowest BCUT2D eigenvalue weighted by Gasteiger charge is -2.09. The average molecular weight is 312 g/mol. The molecule has 0 spiro atoms. The van der Waals surface area contributed by atoms with E-state index in [0.29, 0.717) is 12.0 Å². The van der Waals surface area contributed by atoms with Gasteiger partial charge in [0, 0.05) is 38.4 Å². The highest BCUT2D eigenvalue weighted by Gasteiger charge is 2.18. The molecule has 2 aromatic rings. The molecular weight excluding hydrogens is 295 g/mol. The largest absolute Gasteiger partial charge is 0.326 e. The van der Waals surface area contributed by atoms with Crippen LogP contribution < -0.4 is 10.5 Å². The summed E-state index contributed by atoms with van der Waals surface area (Å²) < 4.78 is 42.0. The molecule has 114 valence electrons. The quantitative estimate of drug-likeness (QED) is 0.814. The SMILES string of the molecule is Cn1nccc1CCNS(=O)(=O)c1ccc(CN)cc1F. The number of sulfonamides is 1. The topological polar surface area (TPSA) is 90.0 Å². The highest BCUT2D eigenvalue weighted by Crippen LogP contribution is 2.15. The maximum Gasteiger partial charge on any atom is 0.243 e. The van der Waals surface area contributed by atoms with E-state index in [-0.39, 0.29) is 18.0 Å². The van der Waals surface area contributed by atoms with Crippen LogP contribution in [0.15, 0.2) is 35.4 Å². The van der Waals surface area contributed by atoms with Crippen molar-refractivity contribution in [2.75, 3.05) is 6.54 Å². The van der Waals surface area contributed by atoms with Gasteiger partial charge in [0.05, 0.1) is 0 Å². The molecule has 0 aliphatic carbocycles. The summed E-state index contributed by atoms with van der Waals surface area (Å²) in [6.07, 6.45) is 2.10. The predicted octanol–water partition coefficient (Wildman–Crippen LogP) is 0.539. The van der Waals surface area contributed by atoms with E-state index in [1.54, 1.807) is 24.0 Å². The van der Waals surface area contributed by atoms with Gasteiger partial charge >= 0.3 is 0 Å². The molecule has 0 atom stereocenters. The van der Waals surface area contributed by atoms with Crippen LogP contribution >= 0.6 is 0 Å². The van der Waals surface area contributed by atoms with Gasteiger partial charge in [0.2, 0.25) is 10.0 Å². The first-order chi connectivity index (χ1) is 9.94. The van der Waals surface area contributed by atoms with Gasteiger partial charge in [-0.2, -0.15) is 5.10 Å². The highest BCUT2D eigenvalue weighted by atomic mass is 32.2. The van der Waals surface area contributed by atoms with Crippen LogP contribution in [0.1, 0.15) is 11.3 Å². The van der Waals surface area contributed by atoms with E-state index in [9.17, 15) is 12.8 Å². The molecule has 0 aliphatic rings. The summed E-state index contributed by atoms with van der Waals surface area (Å²) >= 11 is 0. The zero-order valence-corrected chi connectivity index (χ0v) is 12.4. The van der Waals surface area contributed by atoms with Crippen molar-refractivity contribution in [3.05, 3.63) is 47.5 Å². The van der Waals surface area contributed by atoms with Gasteiger partial charge in [-0.05, 0) is 23.8 Å². The Morgan fingerprint density at radius 1 is 1.38 bits per heavy atom. The van der Waals surface area contributed by atoms with Crippen molar-refractivity contribution < 1.29 is 12.8 Å². The Labute approximate surface area is 122 Å². The Balaban J connectivity index is 2.06. The van der Waals surface area contributed by atoms with Crippen molar-refractivity contribution in [3.63, 3.8) is 0 Å². The van der Waals surface area contributed by atoms with Crippen molar-refractivity contribution in [2.24, 2.45) is 12.8 Å². The molecule has 2 rings (SSSR count). The highest BCUT2D eigenvalue weighted by molar-refractivity contribution is 7.89. The van der Waals surface area contributed by atoms with Gasteiger partial charge in [0.1, 0.15) is 10.7 Å². The van der Waals surface area contributed by atoms with Crippen LogP contribution in [0.25, 0.3) is 0 Å². The first-order valence-corrected chi connectivity index (χ1v) is 7.87. The zero-order chi connectivity index (χ0) is 15.5. The van der Waals surface area contributed by atoms with Gasteiger partial charge in [-0.15, -0.1) is 0 Å². The van der Waals surface area contributed by atoms with Crippen LogP contribution in [0.2, 0.25) is 0 Å². The summed E-state index contributed by atoms with van der Waals surface area (Å²) in [5.41, 5.74) is 6.82. The molecule has 6 nitrogen and oxygen atoms in total. The van der Waals surface area contributed by atoms with Crippen molar-refractivity contribution in [2.45, 2.75) is 17.9 Å². The summed E-state index contributed by atoms with van der Waals surface area (Å²) in [7, 11) is -2.10. The third kappa shape index (κ3) is 3.66. The Morgan fingerprint density at radius 2 is 2.14 bits per heavy atom. The molecule has 0 saturated heterocycles. The molecule has 0 bridgehead atoms. The number of hydrogen-bond acceptors (Lipinski definition) is 4. The summed E-state index contributed by atoms with van der Waals surface area (Å²) in [6, 6.07) is 5.66. The van der Waals surface area contributed by atoms with Crippen molar-refractivity contribution >= 4 is 10.0 Å². The third-order valence-electron chi connectivity index (χ3n) is 3.12. The maximum atomic E-state index is 13.8. The summed E-state index contributed by atoms with van der Waals surface area (Å²) in [4.78, 5) is -0.371. The van der Waals surface area contributed by atoms with Crippen molar-refractivity contribution in [1.82, 2.24) is 14.5 Å². The number of halogens is 1. The van der Waals surface area contributed by atoms with Gasteiger partial charge in [0.25, 0.3) is 0 Å². The number of rotatable bonds is 6. The molecule has 0 saturated carbocycles. The van der Waals surface area contributed by atoms with Crippen LogP contribution in [-0.2, 0) is 30.0 Å². The van der Waals surface area contributed by atoms with Crippen LogP contribution in [0, 0.1) is 5.82 Å². The Morgan fingerprint density at radius 3 is 2.71 bits per heavy atom. The van der Waals surface area contributed by atoms with Gasteiger partial charge in [0.15, 0.2) is 0 Å². The number of nitrogens with one attached hydrogen (secondary N) is 1. The molecule has 0 radical (unpaired) electrons. The fraction of sp³-hybridized carbons (Fsp3) is 0.308. The number of aromatic nitrogens is 2. The number of hydrogen-bond donors (Lipinski definition) is 2. The number of benzene rings is 1. The molecule has 0 amide bonds. The van der Waals surface area contributed by atoms with E-state index in [0.717, 1.165) is 11.8 Å². The minimum absolute atomic E-state index is 0.158. The predicted molar refractivity (Wildman–Crippen MR) is 76.4 cm³/mol. The second-order valence-corrected chi connectivity index (χ2v) is 6.30. The number of nitrogens with two attached hydrogens (primary N) is 1. The van der Waals surface area contributed by atoms with Crippen molar-refractivity contribution in [3.8, 4) is 0 Å². The van der Waals surface area contributed by atoms with E-state index >= 15 is 0 Å². The smallest absolute Gasteiger partial charge is 0.243 e. The Bertz CT molecular complexity index is 728. The minimum atomic E-state index is -3.88. The summed E-state index contributed by atoms with van der Waals surface area (Å²) in [5, 5.41) is 3.99. The molecule has 0 unspecified atom stereocenters. The third-order valence-corrected chi connectivity index (χ3v) is 4.61. The molecule has 8 heteroatoms. The van der Waals surface area contributed by atoms with E-state index in [4.69, 9.17) is 5.73 Å². The summed E-state index contributed by atoms with van der Waals surface area (Å²) in [5.74, 6) is -0.800. The van der Waals surface area contributed by atoms with E-state index in [1.807, 2.05) is 0 Å². The van der Waals surface area contributed by atoms with Gasteiger partial charge < -0.3 is 5.73 Å². The van der Waals surface area contributed by atoms with E-state index in [1.165, 1.54) is 12.1 Å². The van der Waals surface area contributed by atoms with Crippen LogP contribution in [0.3, 0.4) is 0 Å². The first-order valence-electron chi connectivity index (χ1n) is 6.39. The molecular formula is C13H17FN4O2S. The van der Waals surface area contributed by atoms with Gasteiger partial charge in [-0.3, -0.25) is 4.68 Å². The molecule has 0 fully saturated rings. The first kappa shape index (κ1) is 15.6. The zero-order valence-electron chi connectivity index (χ0n) is 11.6. The maximum absolute atomic E-state index is 13.8. The number of aryl methyl sites for hydroxylation is 1. The molecule has 1 aromatic heterocycles. The normalized spacial score (nSPS) is 11.8. The molecule has 1 heterocycles. The monoisotopic (exact) mass is 312 g/mol. The van der Waals surface area contributed by atoms with Crippen molar-refractivity contribution in [1.29, 1.82) is 0 Å². The van der Waals surface area contributed by atoms with Gasteiger partial charge in [-0.1, -0.05) is 6.07 Å². The van der Waals surface area contributed by atoms with E-state index < -0.39 is 15.8 Å². The fourth-order valence-electron chi connectivity index (χ4n) is 1.93. The minimum Gasteiger partial charge on any atom is -0.326 e. The van der Waals surface area contributed by atoms with Crippen LogP contribution in [0.4, 0.5) is 4.39 Å².